The first kappa shape index (κ1) is 14.8. The largest absolute Gasteiger partial charge is 0.296 e. The van der Waals surface area contributed by atoms with E-state index in [0.29, 0.717) is 12.3 Å². The van der Waals surface area contributed by atoms with Crippen molar-refractivity contribution in [1.82, 2.24) is 5.32 Å². The van der Waals surface area contributed by atoms with Gasteiger partial charge in [-0.2, -0.15) is 0 Å². The Morgan fingerprint density at radius 1 is 1.20 bits per heavy atom. The molecule has 0 radical (unpaired) electrons. The first-order valence-corrected chi connectivity index (χ1v) is 7.43. The molecule has 1 aliphatic rings. The predicted molar refractivity (Wildman–Crippen MR) is 79.3 cm³/mol. The summed E-state index contributed by atoms with van der Waals surface area (Å²) in [6, 6.07) is 8.41. The van der Waals surface area contributed by atoms with Crippen molar-refractivity contribution in [2.24, 2.45) is 11.8 Å². The Balaban J connectivity index is 2.20. The number of nitrogens with one attached hydrogen (secondary N) is 1. The number of carbonyl (C=O) groups is 2. The van der Waals surface area contributed by atoms with Crippen LogP contribution in [-0.4, -0.2) is 11.8 Å². The fraction of sp³-hybridized carbons (Fsp3) is 0.529. The molecule has 0 bridgehead atoms. The topological polar surface area (TPSA) is 46.2 Å². The maximum atomic E-state index is 11.9. The van der Waals surface area contributed by atoms with Gasteiger partial charge in [-0.3, -0.25) is 14.9 Å². The van der Waals surface area contributed by atoms with Crippen LogP contribution < -0.4 is 5.32 Å². The highest BCUT2D eigenvalue weighted by molar-refractivity contribution is 5.99. The third-order valence-corrected chi connectivity index (χ3v) is 3.98. The van der Waals surface area contributed by atoms with Gasteiger partial charge in [0.2, 0.25) is 11.8 Å². The monoisotopic (exact) mass is 273 g/mol. The fourth-order valence-electron chi connectivity index (χ4n) is 3.00. The van der Waals surface area contributed by atoms with Crippen LogP contribution in [0.2, 0.25) is 0 Å². The number of hydrogen-bond acceptors (Lipinski definition) is 2. The van der Waals surface area contributed by atoms with E-state index in [0.717, 1.165) is 18.4 Å². The zero-order valence-corrected chi connectivity index (χ0v) is 12.5. The summed E-state index contributed by atoms with van der Waals surface area (Å²) >= 11 is 0. The summed E-state index contributed by atoms with van der Waals surface area (Å²) in [7, 11) is 0. The second-order valence-corrected chi connectivity index (χ2v) is 6.08. The van der Waals surface area contributed by atoms with Gasteiger partial charge in [-0.25, -0.2) is 0 Å². The molecule has 1 saturated heterocycles. The van der Waals surface area contributed by atoms with Gasteiger partial charge in [-0.15, -0.1) is 0 Å². The highest BCUT2D eigenvalue weighted by Gasteiger charge is 2.35. The van der Waals surface area contributed by atoms with Gasteiger partial charge in [0.15, 0.2) is 0 Å². The van der Waals surface area contributed by atoms with Gasteiger partial charge in [0.25, 0.3) is 0 Å². The van der Waals surface area contributed by atoms with E-state index in [1.165, 1.54) is 5.56 Å². The standard InChI is InChI=1S/C17H23NO2/c1-4-14-15(10-16(19)18-17(14)20)13-7-5-12(6-8-13)9-11(2)3/h5-8,11,14-15H,4,9-10H2,1-3H3,(H,18,19,20). The Morgan fingerprint density at radius 2 is 1.85 bits per heavy atom. The average molecular weight is 273 g/mol. The van der Waals surface area contributed by atoms with Crippen LogP contribution in [0, 0.1) is 11.8 Å². The smallest absolute Gasteiger partial charge is 0.230 e. The van der Waals surface area contributed by atoms with E-state index >= 15 is 0 Å². The van der Waals surface area contributed by atoms with Gasteiger partial charge >= 0.3 is 0 Å². The number of amides is 2. The summed E-state index contributed by atoms with van der Waals surface area (Å²) in [5, 5.41) is 2.44. The maximum absolute atomic E-state index is 11.9. The van der Waals surface area contributed by atoms with Crippen molar-refractivity contribution in [3.63, 3.8) is 0 Å². The first-order valence-electron chi connectivity index (χ1n) is 7.43. The molecule has 0 aromatic heterocycles. The molecule has 1 aromatic rings. The summed E-state index contributed by atoms with van der Waals surface area (Å²) in [4.78, 5) is 23.5. The molecule has 0 spiro atoms. The van der Waals surface area contributed by atoms with E-state index in [9.17, 15) is 9.59 Å². The second-order valence-electron chi connectivity index (χ2n) is 6.08. The number of carbonyl (C=O) groups excluding carboxylic acids is 2. The molecular weight excluding hydrogens is 250 g/mol. The summed E-state index contributed by atoms with van der Waals surface area (Å²) in [6.45, 7) is 6.40. The van der Waals surface area contributed by atoms with E-state index in [4.69, 9.17) is 0 Å². The van der Waals surface area contributed by atoms with Crippen molar-refractivity contribution in [3.05, 3.63) is 35.4 Å². The minimum atomic E-state index is -0.157. The predicted octanol–water partition coefficient (Wildman–Crippen LogP) is 3.04. The van der Waals surface area contributed by atoms with Crippen LogP contribution in [0.4, 0.5) is 0 Å². The maximum Gasteiger partial charge on any atom is 0.230 e. The molecule has 1 aliphatic heterocycles. The molecule has 1 aromatic carbocycles. The van der Waals surface area contributed by atoms with Crippen LogP contribution in [0.25, 0.3) is 0 Å². The Hall–Kier alpha value is -1.64. The second kappa shape index (κ2) is 6.21. The van der Waals surface area contributed by atoms with Crippen LogP contribution in [0.5, 0.6) is 0 Å². The Morgan fingerprint density at radius 3 is 2.40 bits per heavy atom. The summed E-state index contributed by atoms with van der Waals surface area (Å²) in [6.07, 6.45) is 2.23. The summed E-state index contributed by atoms with van der Waals surface area (Å²) in [5.41, 5.74) is 2.41. The highest BCUT2D eigenvalue weighted by atomic mass is 16.2. The van der Waals surface area contributed by atoms with Gasteiger partial charge in [0.05, 0.1) is 0 Å². The van der Waals surface area contributed by atoms with Crippen LogP contribution in [0.15, 0.2) is 24.3 Å². The minimum absolute atomic E-state index is 0.0225. The molecule has 1 heterocycles. The molecule has 1 fully saturated rings. The Kier molecular flexibility index (Phi) is 4.58. The molecule has 1 N–H and O–H groups in total. The molecule has 2 rings (SSSR count). The molecule has 20 heavy (non-hydrogen) atoms. The minimum Gasteiger partial charge on any atom is -0.296 e. The number of rotatable bonds is 4. The third-order valence-electron chi connectivity index (χ3n) is 3.98. The molecule has 3 heteroatoms. The van der Waals surface area contributed by atoms with E-state index in [1.807, 2.05) is 6.92 Å². The van der Waals surface area contributed by atoms with Crippen molar-refractivity contribution < 1.29 is 9.59 Å². The van der Waals surface area contributed by atoms with E-state index < -0.39 is 0 Å². The zero-order chi connectivity index (χ0) is 14.7. The normalized spacial score (nSPS) is 23.0. The van der Waals surface area contributed by atoms with Gasteiger partial charge in [0, 0.05) is 18.3 Å². The van der Waals surface area contributed by atoms with Crippen LogP contribution in [0.3, 0.4) is 0 Å². The summed E-state index contributed by atoms with van der Waals surface area (Å²) < 4.78 is 0. The first-order chi connectivity index (χ1) is 9.51. The molecule has 3 nitrogen and oxygen atoms in total. The number of imide groups is 1. The average Bonchev–Trinajstić information content (AvgIpc) is 2.38. The lowest BCUT2D eigenvalue weighted by molar-refractivity contribution is -0.137. The van der Waals surface area contributed by atoms with Crippen molar-refractivity contribution >= 4 is 11.8 Å². The van der Waals surface area contributed by atoms with Gasteiger partial charge in [-0.1, -0.05) is 45.0 Å². The van der Waals surface area contributed by atoms with Crippen LogP contribution in [0.1, 0.15) is 50.7 Å². The van der Waals surface area contributed by atoms with Gasteiger partial charge < -0.3 is 0 Å². The fourth-order valence-corrected chi connectivity index (χ4v) is 3.00. The molecule has 0 aliphatic carbocycles. The third kappa shape index (κ3) is 3.27. The van der Waals surface area contributed by atoms with Crippen molar-refractivity contribution in [2.75, 3.05) is 0 Å². The van der Waals surface area contributed by atoms with Gasteiger partial charge in [0.1, 0.15) is 0 Å². The van der Waals surface area contributed by atoms with Crippen molar-refractivity contribution in [1.29, 1.82) is 0 Å². The molecular formula is C17H23NO2. The Bertz CT molecular complexity index is 490. The zero-order valence-electron chi connectivity index (χ0n) is 12.5. The lowest BCUT2D eigenvalue weighted by atomic mass is 9.78. The van der Waals surface area contributed by atoms with Crippen molar-refractivity contribution in [3.8, 4) is 0 Å². The lowest BCUT2D eigenvalue weighted by Gasteiger charge is -2.29. The quantitative estimate of drug-likeness (QED) is 0.857. The molecule has 0 saturated carbocycles. The number of piperidine rings is 1. The SMILES string of the molecule is CCC1C(=O)NC(=O)CC1c1ccc(CC(C)C)cc1. The molecule has 2 atom stereocenters. The Labute approximate surface area is 120 Å². The molecule has 2 unspecified atom stereocenters. The van der Waals surface area contributed by atoms with E-state index in [1.54, 1.807) is 0 Å². The molecule has 2 amide bonds. The van der Waals surface area contributed by atoms with Crippen LogP contribution >= 0.6 is 0 Å². The van der Waals surface area contributed by atoms with Crippen molar-refractivity contribution in [2.45, 2.75) is 46.0 Å². The number of hydrogen-bond donors (Lipinski definition) is 1. The molecule has 108 valence electrons. The summed E-state index contributed by atoms with van der Waals surface area (Å²) in [5.74, 6) is 0.278. The van der Waals surface area contributed by atoms with E-state index in [-0.39, 0.29) is 23.7 Å². The number of benzene rings is 1. The highest BCUT2D eigenvalue weighted by Crippen LogP contribution is 2.33. The van der Waals surface area contributed by atoms with Gasteiger partial charge in [-0.05, 0) is 29.9 Å². The lowest BCUT2D eigenvalue weighted by Crippen LogP contribution is -2.44. The van der Waals surface area contributed by atoms with Crippen LogP contribution in [-0.2, 0) is 16.0 Å². The van der Waals surface area contributed by atoms with E-state index in [2.05, 4.69) is 43.4 Å².